The van der Waals surface area contributed by atoms with E-state index < -0.39 is 4.92 Å². The van der Waals surface area contributed by atoms with E-state index in [0.29, 0.717) is 5.69 Å². The third kappa shape index (κ3) is 3.52. The average Bonchev–Trinajstić information content (AvgIpc) is 2.27. The molecule has 0 unspecified atom stereocenters. The third-order valence-corrected chi connectivity index (χ3v) is 1.96. The summed E-state index contributed by atoms with van der Waals surface area (Å²) in [5, 5.41) is 20.8. The number of hydrogen-bond donors (Lipinski definition) is 0. The molecular weight excluding hydrogens is 235 g/mol. The van der Waals surface area contributed by atoms with Crippen LogP contribution in [0.15, 0.2) is 18.2 Å². The van der Waals surface area contributed by atoms with Crippen LogP contribution in [0.4, 0.5) is 11.4 Å². The van der Waals surface area contributed by atoms with E-state index >= 15 is 0 Å². The van der Waals surface area contributed by atoms with E-state index in [2.05, 4.69) is 5.43 Å². The van der Waals surface area contributed by atoms with Gasteiger partial charge in [-0.05, 0) is 13.1 Å². The maximum absolute atomic E-state index is 10.5. The van der Waals surface area contributed by atoms with Crippen LogP contribution in [0, 0.1) is 21.4 Å². The summed E-state index contributed by atoms with van der Waals surface area (Å²) >= 11 is 0. The van der Waals surface area contributed by atoms with Crippen molar-refractivity contribution >= 4 is 11.4 Å². The summed E-state index contributed by atoms with van der Waals surface area (Å²) < 4.78 is 0. The molecule has 0 aliphatic carbocycles. The SMILES string of the molecule is C[N-]N(C)c1ccc([N+](=O)[O-])cc1C#N.[K+]. The molecule has 0 bridgehead atoms. The van der Waals surface area contributed by atoms with E-state index in [1.165, 1.54) is 23.2 Å². The van der Waals surface area contributed by atoms with Gasteiger partial charge in [0.1, 0.15) is 6.07 Å². The molecule has 0 aromatic heterocycles. The fraction of sp³-hybridized carbons (Fsp3) is 0.222. The Hall–Kier alpha value is -0.494. The Morgan fingerprint density at radius 2 is 2.19 bits per heavy atom. The summed E-state index contributed by atoms with van der Waals surface area (Å²) in [6.45, 7) is 0. The summed E-state index contributed by atoms with van der Waals surface area (Å²) in [6.07, 6.45) is 0. The van der Waals surface area contributed by atoms with Crippen molar-refractivity contribution in [3.05, 3.63) is 39.3 Å². The second-order valence-corrected chi connectivity index (χ2v) is 2.79. The van der Waals surface area contributed by atoms with Gasteiger partial charge in [-0.15, -0.1) is 7.05 Å². The molecule has 0 amide bonds. The number of non-ortho nitro benzene ring substituents is 1. The fourth-order valence-electron chi connectivity index (χ4n) is 1.12. The Bertz CT molecular complexity index is 430. The number of nitro groups is 1. The van der Waals surface area contributed by atoms with Gasteiger partial charge in [0.2, 0.25) is 0 Å². The third-order valence-electron chi connectivity index (χ3n) is 1.96. The van der Waals surface area contributed by atoms with Crippen LogP contribution in [-0.4, -0.2) is 19.0 Å². The molecule has 0 saturated heterocycles. The van der Waals surface area contributed by atoms with Gasteiger partial charge in [0.15, 0.2) is 0 Å². The molecule has 0 heterocycles. The molecule has 78 valence electrons. The maximum Gasteiger partial charge on any atom is 1.00 e. The standard InChI is InChI=1S/C9H9N4O2.K/c1-11-12(2)9-4-3-8(13(14)15)5-7(9)6-10;/h3-5H,1-2H3;/q-1;+1. The molecule has 0 N–H and O–H groups in total. The molecular formula is C9H9KN4O2. The van der Waals surface area contributed by atoms with Crippen LogP contribution in [-0.2, 0) is 0 Å². The minimum atomic E-state index is -0.534. The molecule has 7 heteroatoms. The summed E-state index contributed by atoms with van der Waals surface area (Å²) in [5.74, 6) is 0. The number of benzene rings is 1. The van der Waals surface area contributed by atoms with E-state index in [1.54, 1.807) is 14.1 Å². The minimum absolute atomic E-state index is 0. The molecule has 1 aromatic carbocycles. The Balaban J connectivity index is 0.00000225. The molecule has 0 aliphatic rings. The van der Waals surface area contributed by atoms with Crippen molar-refractivity contribution in [2.75, 3.05) is 19.1 Å². The molecule has 0 fully saturated rings. The fourth-order valence-corrected chi connectivity index (χ4v) is 1.12. The van der Waals surface area contributed by atoms with Crippen LogP contribution >= 0.6 is 0 Å². The zero-order chi connectivity index (χ0) is 11.4. The topological polar surface area (TPSA) is 84.3 Å². The van der Waals surface area contributed by atoms with Gasteiger partial charge >= 0.3 is 51.4 Å². The number of nitro benzene ring substituents is 1. The first-order valence-corrected chi connectivity index (χ1v) is 4.12. The quantitative estimate of drug-likeness (QED) is 0.381. The van der Waals surface area contributed by atoms with Gasteiger partial charge in [0.25, 0.3) is 5.69 Å². The Morgan fingerprint density at radius 1 is 1.56 bits per heavy atom. The molecule has 0 atom stereocenters. The van der Waals surface area contributed by atoms with Gasteiger partial charge in [-0.3, -0.25) is 10.1 Å². The first-order chi connectivity index (χ1) is 7.10. The van der Waals surface area contributed by atoms with E-state index in [0.717, 1.165) is 0 Å². The van der Waals surface area contributed by atoms with E-state index in [1.807, 2.05) is 6.07 Å². The number of rotatable bonds is 3. The summed E-state index contributed by atoms with van der Waals surface area (Å²) in [6, 6.07) is 5.98. The van der Waals surface area contributed by atoms with Gasteiger partial charge < -0.3 is 10.4 Å². The van der Waals surface area contributed by atoms with Gasteiger partial charge in [-0.2, -0.15) is 5.26 Å². The van der Waals surface area contributed by atoms with Crippen LogP contribution in [0.1, 0.15) is 5.56 Å². The van der Waals surface area contributed by atoms with Gasteiger partial charge in [-0.25, -0.2) is 0 Å². The van der Waals surface area contributed by atoms with Crippen molar-refractivity contribution in [1.82, 2.24) is 0 Å². The zero-order valence-electron chi connectivity index (χ0n) is 9.34. The van der Waals surface area contributed by atoms with Crippen LogP contribution in [0.5, 0.6) is 0 Å². The van der Waals surface area contributed by atoms with E-state index in [-0.39, 0.29) is 62.6 Å². The zero-order valence-corrected chi connectivity index (χ0v) is 12.5. The van der Waals surface area contributed by atoms with Crippen LogP contribution in [0.3, 0.4) is 0 Å². The number of nitriles is 1. The minimum Gasteiger partial charge on any atom is -0.571 e. The van der Waals surface area contributed by atoms with Crippen molar-refractivity contribution in [2.45, 2.75) is 0 Å². The van der Waals surface area contributed by atoms with Gasteiger partial charge in [0, 0.05) is 17.8 Å². The maximum atomic E-state index is 10.5. The predicted molar refractivity (Wildman–Crippen MR) is 55.5 cm³/mol. The average molecular weight is 244 g/mol. The molecule has 0 spiro atoms. The molecule has 1 rings (SSSR count). The molecule has 0 saturated carbocycles. The second-order valence-electron chi connectivity index (χ2n) is 2.79. The Morgan fingerprint density at radius 3 is 2.62 bits per heavy atom. The van der Waals surface area contributed by atoms with Crippen molar-refractivity contribution in [3.63, 3.8) is 0 Å². The summed E-state index contributed by atoms with van der Waals surface area (Å²) in [5.41, 5.74) is 4.54. The summed E-state index contributed by atoms with van der Waals surface area (Å²) in [7, 11) is 3.24. The first kappa shape index (κ1) is 15.5. The largest absolute Gasteiger partial charge is 1.00 e. The van der Waals surface area contributed by atoms with Crippen molar-refractivity contribution < 1.29 is 56.3 Å². The van der Waals surface area contributed by atoms with Crippen LogP contribution in [0.25, 0.3) is 5.43 Å². The molecule has 0 aliphatic heterocycles. The van der Waals surface area contributed by atoms with Crippen LogP contribution < -0.4 is 56.4 Å². The molecule has 16 heavy (non-hydrogen) atoms. The van der Waals surface area contributed by atoms with Crippen LogP contribution in [0.2, 0.25) is 0 Å². The second kappa shape index (κ2) is 6.95. The number of anilines is 1. The Labute approximate surface area is 136 Å². The molecule has 0 radical (unpaired) electrons. The normalized spacial score (nSPS) is 8.81. The first-order valence-electron chi connectivity index (χ1n) is 4.12. The predicted octanol–water partition coefficient (Wildman–Crippen LogP) is -1.17. The van der Waals surface area contributed by atoms with E-state index in [4.69, 9.17) is 5.26 Å². The number of hydrogen-bond acceptors (Lipinski definition) is 4. The molecule has 6 nitrogen and oxygen atoms in total. The van der Waals surface area contributed by atoms with Crippen molar-refractivity contribution in [2.24, 2.45) is 0 Å². The summed E-state index contributed by atoms with van der Waals surface area (Å²) in [4.78, 5) is 9.94. The number of nitrogens with zero attached hydrogens (tertiary/aromatic N) is 4. The molecule has 1 aromatic rings. The van der Waals surface area contributed by atoms with Gasteiger partial charge in [-0.1, -0.05) is 0 Å². The smallest absolute Gasteiger partial charge is 0.571 e. The Kier molecular flexibility index (Phi) is 6.74. The van der Waals surface area contributed by atoms with E-state index in [9.17, 15) is 10.1 Å². The monoisotopic (exact) mass is 244 g/mol. The van der Waals surface area contributed by atoms with Crippen molar-refractivity contribution in [1.29, 1.82) is 5.26 Å². The van der Waals surface area contributed by atoms with Crippen molar-refractivity contribution in [3.8, 4) is 6.07 Å². The van der Waals surface area contributed by atoms with Gasteiger partial charge in [0.05, 0.1) is 10.5 Å².